The predicted molar refractivity (Wildman–Crippen MR) is 61.0 cm³/mol. The van der Waals surface area contributed by atoms with Crippen molar-refractivity contribution in [2.75, 3.05) is 6.54 Å². The Bertz CT molecular complexity index is 179. The summed E-state index contributed by atoms with van der Waals surface area (Å²) in [4.78, 5) is 0. The van der Waals surface area contributed by atoms with E-state index in [0.717, 1.165) is 19.4 Å². The highest BCUT2D eigenvalue weighted by molar-refractivity contribution is 4.91. The predicted octanol–water partition coefficient (Wildman–Crippen LogP) is 3.09. The standard InChI is InChI=1S/C12H24N2/c1-5-7-11(2)14-9-6-8-12(3,4)10-13/h11,14H,5-9H2,1-4H3. The highest BCUT2D eigenvalue weighted by Gasteiger charge is 2.15. The highest BCUT2D eigenvalue weighted by Crippen LogP contribution is 2.19. The third-order valence-electron chi connectivity index (χ3n) is 2.50. The zero-order chi connectivity index (χ0) is 11.0. The van der Waals surface area contributed by atoms with Crippen molar-refractivity contribution in [3.05, 3.63) is 0 Å². The molecule has 82 valence electrons. The molecule has 0 bridgehead atoms. The number of nitrogens with one attached hydrogen (secondary N) is 1. The van der Waals surface area contributed by atoms with Crippen molar-refractivity contribution in [2.45, 2.75) is 59.4 Å². The Labute approximate surface area is 88.7 Å². The lowest BCUT2D eigenvalue weighted by molar-refractivity contribution is 0.410. The molecule has 0 aliphatic carbocycles. The second-order valence-electron chi connectivity index (χ2n) is 4.74. The molecule has 0 rings (SSSR count). The number of hydrogen-bond donors (Lipinski definition) is 1. The molecule has 2 nitrogen and oxygen atoms in total. The molecule has 0 radical (unpaired) electrons. The van der Waals surface area contributed by atoms with E-state index in [2.05, 4.69) is 25.2 Å². The van der Waals surface area contributed by atoms with Crippen LogP contribution in [0.2, 0.25) is 0 Å². The van der Waals surface area contributed by atoms with Gasteiger partial charge in [0.1, 0.15) is 0 Å². The summed E-state index contributed by atoms with van der Waals surface area (Å²) in [5.74, 6) is 0. The second kappa shape index (κ2) is 6.84. The number of hydrogen-bond acceptors (Lipinski definition) is 2. The fraction of sp³-hybridized carbons (Fsp3) is 0.917. The average molecular weight is 196 g/mol. The minimum absolute atomic E-state index is 0.157. The largest absolute Gasteiger partial charge is 0.314 e. The molecule has 1 unspecified atom stereocenters. The Morgan fingerprint density at radius 3 is 2.57 bits per heavy atom. The lowest BCUT2D eigenvalue weighted by Gasteiger charge is -2.16. The maximum Gasteiger partial charge on any atom is 0.0683 e. The number of nitriles is 1. The van der Waals surface area contributed by atoms with Crippen molar-refractivity contribution in [1.29, 1.82) is 5.26 Å². The van der Waals surface area contributed by atoms with Gasteiger partial charge in [-0.05, 0) is 46.6 Å². The molecule has 0 aromatic heterocycles. The first kappa shape index (κ1) is 13.4. The highest BCUT2D eigenvalue weighted by atomic mass is 14.9. The molecule has 1 atom stereocenters. The Balaban J connectivity index is 3.43. The smallest absolute Gasteiger partial charge is 0.0683 e. The van der Waals surface area contributed by atoms with E-state index in [1.54, 1.807) is 0 Å². The maximum absolute atomic E-state index is 8.82. The van der Waals surface area contributed by atoms with Crippen LogP contribution in [-0.4, -0.2) is 12.6 Å². The molecule has 1 N–H and O–H groups in total. The SMILES string of the molecule is CCCC(C)NCCCC(C)(C)C#N. The van der Waals surface area contributed by atoms with Gasteiger partial charge < -0.3 is 5.32 Å². The zero-order valence-electron chi connectivity index (χ0n) is 10.1. The van der Waals surface area contributed by atoms with Crippen LogP contribution in [0.1, 0.15) is 53.4 Å². The van der Waals surface area contributed by atoms with Crippen molar-refractivity contribution in [3.63, 3.8) is 0 Å². The van der Waals surface area contributed by atoms with Gasteiger partial charge in [-0.25, -0.2) is 0 Å². The third kappa shape index (κ3) is 6.91. The second-order valence-corrected chi connectivity index (χ2v) is 4.74. The van der Waals surface area contributed by atoms with Gasteiger partial charge in [0.15, 0.2) is 0 Å². The Kier molecular flexibility index (Phi) is 6.57. The Morgan fingerprint density at radius 2 is 2.07 bits per heavy atom. The van der Waals surface area contributed by atoms with E-state index in [9.17, 15) is 0 Å². The molecule has 0 aromatic carbocycles. The first-order chi connectivity index (χ1) is 6.52. The molecular formula is C12H24N2. The van der Waals surface area contributed by atoms with E-state index >= 15 is 0 Å². The lowest BCUT2D eigenvalue weighted by Crippen LogP contribution is -2.27. The van der Waals surface area contributed by atoms with Crippen LogP contribution in [0.5, 0.6) is 0 Å². The van der Waals surface area contributed by atoms with Gasteiger partial charge in [0.2, 0.25) is 0 Å². The third-order valence-corrected chi connectivity index (χ3v) is 2.50. The summed E-state index contributed by atoms with van der Waals surface area (Å²) < 4.78 is 0. The maximum atomic E-state index is 8.82. The van der Waals surface area contributed by atoms with Crippen LogP contribution in [0.25, 0.3) is 0 Å². The monoisotopic (exact) mass is 196 g/mol. The molecule has 0 fully saturated rings. The average Bonchev–Trinajstić information content (AvgIpc) is 2.13. The molecule has 14 heavy (non-hydrogen) atoms. The summed E-state index contributed by atoms with van der Waals surface area (Å²) in [5, 5.41) is 12.3. The molecule has 0 aliphatic heterocycles. The molecule has 2 heteroatoms. The van der Waals surface area contributed by atoms with E-state index in [1.807, 2.05) is 13.8 Å². The molecule has 0 aromatic rings. The summed E-state index contributed by atoms with van der Waals surface area (Å²) in [6.45, 7) is 9.47. The summed E-state index contributed by atoms with van der Waals surface area (Å²) in [5.41, 5.74) is -0.157. The molecular weight excluding hydrogens is 172 g/mol. The first-order valence-corrected chi connectivity index (χ1v) is 5.66. The summed E-state index contributed by atoms with van der Waals surface area (Å²) in [6, 6.07) is 2.94. The van der Waals surface area contributed by atoms with E-state index in [4.69, 9.17) is 5.26 Å². The van der Waals surface area contributed by atoms with E-state index in [-0.39, 0.29) is 5.41 Å². The van der Waals surface area contributed by atoms with E-state index in [1.165, 1.54) is 12.8 Å². The summed E-state index contributed by atoms with van der Waals surface area (Å²) in [6.07, 6.45) is 4.55. The fourth-order valence-corrected chi connectivity index (χ4v) is 1.47. The van der Waals surface area contributed by atoms with Crippen LogP contribution in [0.15, 0.2) is 0 Å². The minimum atomic E-state index is -0.157. The minimum Gasteiger partial charge on any atom is -0.314 e. The van der Waals surface area contributed by atoms with Gasteiger partial charge in [0.25, 0.3) is 0 Å². The van der Waals surface area contributed by atoms with Gasteiger partial charge in [0, 0.05) is 6.04 Å². The van der Waals surface area contributed by atoms with Gasteiger partial charge in [-0.2, -0.15) is 5.26 Å². The van der Waals surface area contributed by atoms with Gasteiger partial charge in [-0.1, -0.05) is 13.3 Å². The van der Waals surface area contributed by atoms with Gasteiger partial charge in [-0.15, -0.1) is 0 Å². The lowest BCUT2D eigenvalue weighted by atomic mass is 9.90. The van der Waals surface area contributed by atoms with Crippen LogP contribution in [0, 0.1) is 16.7 Å². The van der Waals surface area contributed by atoms with Crippen molar-refractivity contribution >= 4 is 0 Å². The van der Waals surface area contributed by atoms with Crippen molar-refractivity contribution < 1.29 is 0 Å². The van der Waals surface area contributed by atoms with Crippen LogP contribution < -0.4 is 5.32 Å². The van der Waals surface area contributed by atoms with Crippen LogP contribution in [0.3, 0.4) is 0 Å². The molecule has 0 amide bonds. The van der Waals surface area contributed by atoms with Crippen LogP contribution >= 0.6 is 0 Å². The van der Waals surface area contributed by atoms with E-state index < -0.39 is 0 Å². The molecule has 0 saturated carbocycles. The fourth-order valence-electron chi connectivity index (χ4n) is 1.47. The quantitative estimate of drug-likeness (QED) is 0.635. The molecule has 0 aliphatic rings. The van der Waals surface area contributed by atoms with Crippen LogP contribution in [-0.2, 0) is 0 Å². The molecule has 0 spiro atoms. The van der Waals surface area contributed by atoms with Crippen molar-refractivity contribution in [3.8, 4) is 6.07 Å². The van der Waals surface area contributed by atoms with Crippen LogP contribution in [0.4, 0.5) is 0 Å². The molecule has 0 saturated heterocycles. The Hall–Kier alpha value is -0.550. The van der Waals surface area contributed by atoms with Gasteiger partial charge in [0.05, 0.1) is 11.5 Å². The Morgan fingerprint density at radius 1 is 1.43 bits per heavy atom. The molecule has 0 heterocycles. The summed E-state index contributed by atoms with van der Waals surface area (Å²) in [7, 11) is 0. The first-order valence-electron chi connectivity index (χ1n) is 5.66. The number of rotatable bonds is 7. The topological polar surface area (TPSA) is 35.8 Å². The zero-order valence-corrected chi connectivity index (χ0v) is 10.1. The van der Waals surface area contributed by atoms with Gasteiger partial charge >= 0.3 is 0 Å². The van der Waals surface area contributed by atoms with Gasteiger partial charge in [-0.3, -0.25) is 0 Å². The number of nitrogens with zero attached hydrogens (tertiary/aromatic N) is 1. The normalized spacial score (nSPS) is 13.6. The van der Waals surface area contributed by atoms with Crippen molar-refractivity contribution in [2.24, 2.45) is 5.41 Å². The van der Waals surface area contributed by atoms with E-state index in [0.29, 0.717) is 6.04 Å². The van der Waals surface area contributed by atoms with Crippen molar-refractivity contribution in [1.82, 2.24) is 5.32 Å². The summed E-state index contributed by atoms with van der Waals surface area (Å²) >= 11 is 0.